The number of benzene rings is 1. The molecular weight excluding hydrogens is 312 g/mol. The van der Waals surface area contributed by atoms with Gasteiger partial charge in [0.2, 0.25) is 0 Å². The zero-order chi connectivity index (χ0) is 13.7. The van der Waals surface area contributed by atoms with Crippen LogP contribution < -0.4 is 5.32 Å². The highest BCUT2D eigenvalue weighted by atomic mass is 79.9. The van der Waals surface area contributed by atoms with Crippen LogP contribution in [0.15, 0.2) is 35.1 Å². The highest BCUT2D eigenvalue weighted by molar-refractivity contribution is 9.10. The first-order valence-electron chi connectivity index (χ1n) is 5.77. The van der Waals surface area contributed by atoms with E-state index >= 15 is 0 Å². The van der Waals surface area contributed by atoms with E-state index in [9.17, 15) is 9.90 Å². The number of hydrogen-bond donors (Lipinski definition) is 2. The minimum absolute atomic E-state index is 0.0512. The number of aromatic nitrogens is 3. The zero-order valence-electron chi connectivity index (χ0n) is 10.1. The van der Waals surface area contributed by atoms with Crippen LogP contribution in [0.4, 0.5) is 0 Å². The Hall–Kier alpha value is -1.89. The van der Waals surface area contributed by atoms with Crippen molar-refractivity contribution in [1.29, 1.82) is 0 Å². The summed E-state index contributed by atoms with van der Waals surface area (Å²) in [5.41, 5.74) is 0.432. The molecule has 2 aromatic rings. The summed E-state index contributed by atoms with van der Waals surface area (Å²) in [6.07, 6.45) is 4.15. The monoisotopic (exact) mass is 324 g/mol. The molecule has 0 saturated heterocycles. The summed E-state index contributed by atoms with van der Waals surface area (Å²) >= 11 is 3.17. The molecule has 2 rings (SSSR count). The standard InChI is InChI=1S/C12H13BrN4O2/c13-10-3-2-9(8-11(10)18)12(19)14-4-1-6-17-7-5-15-16-17/h2-3,5,7-8,18H,1,4,6H2,(H,14,19). The molecule has 2 N–H and O–H groups in total. The van der Waals surface area contributed by atoms with Crippen LogP contribution in [-0.4, -0.2) is 32.6 Å². The molecule has 0 unspecified atom stereocenters. The summed E-state index contributed by atoms with van der Waals surface area (Å²) in [5, 5.41) is 19.8. The fourth-order valence-corrected chi connectivity index (χ4v) is 1.80. The molecule has 1 aromatic carbocycles. The van der Waals surface area contributed by atoms with E-state index in [0.717, 1.165) is 6.42 Å². The van der Waals surface area contributed by atoms with Gasteiger partial charge in [0.15, 0.2) is 0 Å². The number of aromatic hydroxyl groups is 1. The smallest absolute Gasteiger partial charge is 0.251 e. The molecule has 0 radical (unpaired) electrons. The number of phenolic OH excluding ortho intramolecular Hbond substituents is 1. The largest absolute Gasteiger partial charge is 0.507 e. The van der Waals surface area contributed by atoms with Crippen LogP contribution in [0.5, 0.6) is 5.75 Å². The van der Waals surface area contributed by atoms with Crippen molar-refractivity contribution in [3.8, 4) is 5.75 Å². The van der Waals surface area contributed by atoms with Crippen molar-refractivity contribution in [2.75, 3.05) is 6.54 Å². The molecule has 7 heteroatoms. The molecule has 0 aliphatic rings. The van der Waals surface area contributed by atoms with E-state index in [1.165, 1.54) is 6.07 Å². The van der Waals surface area contributed by atoms with E-state index in [2.05, 4.69) is 31.6 Å². The van der Waals surface area contributed by atoms with Gasteiger partial charge in [0.25, 0.3) is 5.91 Å². The molecule has 0 spiro atoms. The Bertz CT molecular complexity index is 557. The summed E-state index contributed by atoms with van der Waals surface area (Å²) in [7, 11) is 0. The number of rotatable bonds is 5. The number of nitrogens with one attached hydrogen (secondary N) is 1. The molecule has 19 heavy (non-hydrogen) atoms. The second-order valence-electron chi connectivity index (χ2n) is 3.94. The number of halogens is 1. The van der Waals surface area contributed by atoms with Gasteiger partial charge in [-0.1, -0.05) is 5.21 Å². The van der Waals surface area contributed by atoms with E-state index in [1.54, 1.807) is 29.2 Å². The fraction of sp³-hybridized carbons (Fsp3) is 0.250. The molecule has 0 saturated carbocycles. The zero-order valence-corrected chi connectivity index (χ0v) is 11.7. The maximum Gasteiger partial charge on any atom is 0.251 e. The third-order valence-electron chi connectivity index (χ3n) is 2.53. The van der Waals surface area contributed by atoms with Gasteiger partial charge in [-0.15, -0.1) is 5.10 Å². The van der Waals surface area contributed by atoms with Gasteiger partial charge in [-0.25, -0.2) is 0 Å². The van der Waals surface area contributed by atoms with Gasteiger partial charge >= 0.3 is 0 Å². The first kappa shape index (κ1) is 13.5. The average molecular weight is 325 g/mol. The molecular formula is C12H13BrN4O2. The number of amides is 1. The van der Waals surface area contributed by atoms with Crippen molar-refractivity contribution < 1.29 is 9.90 Å². The number of phenols is 1. The van der Waals surface area contributed by atoms with E-state index in [-0.39, 0.29) is 11.7 Å². The Labute approximate surface area is 118 Å². The van der Waals surface area contributed by atoms with Gasteiger partial charge in [-0.3, -0.25) is 9.48 Å². The van der Waals surface area contributed by atoms with E-state index in [4.69, 9.17) is 0 Å². The molecule has 0 fully saturated rings. The lowest BCUT2D eigenvalue weighted by molar-refractivity contribution is 0.0952. The Balaban J connectivity index is 1.79. The minimum atomic E-state index is -0.207. The molecule has 100 valence electrons. The van der Waals surface area contributed by atoms with Crippen molar-refractivity contribution in [2.45, 2.75) is 13.0 Å². The van der Waals surface area contributed by atoms with Crippen LogP contribution in [0.25, 0.3) is 0 Å². The molecule has 0 aliphatic carbocycles. The van der Waals surface area contributed by atoms with Crippen LogP contribution in [0.1, 0.15) is 16.8 Å². The summed E-state index contributed by atoms with van der Waals surface area (Å²) in [6, 6.07) is 4.72. The molecule has 0 bridgehead atoms. The maximum atomic E-state index is 11.8. The summed E-state index contributed by atoms with van der Waals surface area (Å²) in [4.78, 5) is 11.8. The van der Waals surface area contributed by atoms with Crippen molar-refractivity contribution >= 4 is 21.8 Å². The predicted molar refractivity (Wildman–Crippen MR) is 72.8 cm³/mol. The lowest BCUT2D eigenvalue weighted by atomic mass is 10.2. The van der Waals surface area contributed by atoms with Crippen LogP contribution >= 0.6 is 15.9 Å². The molecule has 1 amide bonds. The van der Waals surface area contributed by atoms with Crippen LogP contribution in [0.2, 0.25) is 0 Å². The van der Waals surface area contributed by atoms with Crippen LogP contribution in [0, 0.1) is 0 Å². The Morgan fingerprint density at radius 2 is 2.32 bits per heavy atom. The number of carbonyl (C=O) groups is 1. The lowest BCUT2D eigenvalue weighted by Crippen LogP contribution is -2.25. The van der Waals surface area contributed by atoms with Gasteiger partial charge in [-0.2, -0.15) is 0 Å². The molecule has 1 heterocycles. The summed E-state index contributed by atoms with van der Waals surface area (Å²) in [6.45, 7) is 1.24. The van der Waals surface area contributed by atoms with Crippen LogP contribution in [0.3, 0.4) is 0 Å². The topological polar surface area (TPSA) is 80.0 Å². The second kappa shape index (κ2) is 6.33. The van der Waals surface area contributed by atoms with E-state index < -0.39 is 0 Å². The van der Waals surface area contributed by atoms with Gasteiger partial charge in [0.1, 0.15) is 5.75 Å². The SMILES string of the molecule is O=C(NCCCn1ccnn1)c1ccc(Br)c(O)c1. The maximum absolute atomic E-state index is 11.8. The highest BCUT2D eigenvalue weighted by Crippen LogP contribution is 2.24. The molecule has 0 atom stereocenters. The third-order valence-corrected chi connectivity index (χ3v) is 3.20. The van der Waals surface area contributed by atoms with Crippen molar-refractivity contribution in [3.05, 3.63) is 40.6 Å². The first-order valence-corrected chi connectivity index (χ1v) is 6.57. The van der Waals surface area contributed by atoms with Crippen molar-refractivity contribution in [2.24, 2.45) is 0 Å². The Kier molecular flexibility index (Phi) is 4.51. The Morgan fingerprint density at radius 3 is 3.00 bits per heavy atom. The number of hydrogen-bond acceptors (Lipinski definition) is 4. The van der Waals surface area contributed by atoms with Crippen LogP contribution in [-0.2, 0) is 6.54 Å². The number of carbonyl (C=O) groups excluding carboxylic acids is 1. The van der Waals surface area contributed by atoms with E-state index in [0.29, 0.717) is 23.1 Å². The van der Waals surface area contributed by atoms with Gasteiger partial charge in [0.05, 0.1) is 10.7 Å². The average Bonchev–Trinajstić information content (AvgIpc) is 2.91. The van der Waals surface area contributed by atoms with Gasteiger partial charge < -0.3 is 10.4 Å². The van der Waals surface area contributed by atoms with E-state index in [1.807, 2.05) is 0 Å². The van der Waals surface area contributed by atoms with Crippen molar-refractivity contribution in [3.63, 3.8) is 0 Å². The fourth-order valence-electron chi connectivity index (χ4n) is 1.55. The minimum Gasteiger partial charge on any atom is -0.507 e. The Morgan fingerprint density at radius 1 is 1.47 bits per heavy atom. The number of aryl methyl sites for hydroxylation is 1. The molecule has 6 nitrogen and oxygen atoms in total. The van der Waals surface area contributed by atoms with Crippen molar-refractivity contribution in [1.82, 2.24) is 20.3 Å². The molecule has 0 aliphatic heterocycles. The predicted octanol–water partition coefficient (Wildman–Crippen LogP) is 1.57. The van der Waals surface area contributed by atoms with Gasteiger partial charge in [-0.05, 0) is 40.5 Å². The summed E-state index contributed by atoms with van der Waals surface area (Å²) < 4.78 is 2.27. The second-order valence-corrected chi connectivity index (χ2v) is 4.80. The lowest BCUT2D eigenvalue weighted by Gasteiger charge is -2.06. The quantitative estimate of drug-likeness (QED) is 0.818. The first-order chi connectivity index (χ1) is 9.16. The number of nitrogens with zero attached hydrogens (tertiary/aromatic N) is 3. The summed E-state index contributed by atoms with van der Waals surface area (Å²) in [5.74, 6) is -0.156. The van der Waals surface area contributed by atoms with Gasteiger partial charge in [0, 0.05) is 24.8 Å². The third kappa shape index (κ3) is 3.78. The normalized spacial score (nSPS) is 10.4. The highest BCUT2D eigenvalue weighted by Gasteiger charge is 2.07. The molecule has 1 aromatic heterocycles.